The maximum atomic E-state index is 12.8. The van der Waals surface area contributed by atoms with Gasteiger partial charge in [-0.2, -0.15) is 0 Å². The highest BCUT2D eigenvalue weighted by molar-refractivity contribution is 5.71. The van der Waals surface area contributed by atoms with Gasteiger partial charge in [0, 0.05) is 19.3 Å². The molecule has 0 fully saturated rings. The van der Waals surface area contributed by atoms with Crippen LogP contribution in [0.5, 0.6) is 0 Å². The molecule has 0 heterocycles. The number of carbonyl (C=O) groups is 3. The first-order valence-corrected chi connectivity index (χ1v) is 28.5. The van der Waals surface area contributed by atoms with Gasteiger partial charge in [0.15, 0.2) is 6.10 Å². The number of unbranched alkanes of at least 4 members (excludes halogenated alkanes) is 35. The molecule has 0 saturated carbocycles. The van der Waals surface area contributed by atoms with Gasteiger partial charge >= 0.3 is 17.9 Å². The molecule has 0 bridgehead atoms. The van der Waals surface area contributed by atoms with Crippen molar-refractivity contribution >= 4 is 17.9 Å². The third-order valence-electron chi connectivity index (χ3n) is 12.6. The molecule has 0 aliphatic rings. The van der Waals surface area contributed by atoms with E-state index in [4.69, 9.17) is 14.2 Å². The SMILES string of the molecule is CCCCCCCC/C=C\CCCCCCCC(=O)OC[C@H](COC(=O)CCCCCCC/C=C\CCCCCCCCC)OC(=O)CCCCCCC/C=C\CCCCCCCCC. The van der Waals surface area contributed by atoms with Gasteiger partial charge in [0.2, 0.25) is 0 Å². The van der Waals surface area contributed by atoms with E-state index >= 15 is 0 Å². The summed E-state index contributed by atoms with van der Waals surface area (Å²) in [7, 11) is 0. The van der Waals surface area contributed by atoms with E-state index in [1.807, 2.05) is 0 Å². The molecular weight excluding hydrogens is 805 g/mol. The first-order valence-electron chi connectivity index (χ1n) is 28.5. The van der Waals surface area contributed by atoms with Gasteiger partial charge in [-0.05, 0) is 96.3 Å². The van der Waals surface area contributed by atoms with Crippen LogP contribution in [0.3, 0.4) is 0 Å². The van der Waals surface area contributed by atoms with Crippen molar-refractivity contribution in [3.63, 3.8) is 0 Å². The van der Waals surface area contributed by atoms with Crippen LogP contribution in [-0.2, 0) is 28.6 Å². The predicted molar refractivity (Wildman–Crippen MR) is 279 cm³/mol. The summed E-state index contributed by atoms with van der Waals surface area (Å²) >= 11 is 0. The Kier molecular flexibility index (Phi) is 52.3. The van der Waals surface area contributed by atoms with Gasteiger partial charge in [-0.25, -0.2) is 0 Å². The molecule has 380 valence electrons. The molecule has 0 radical (unpaired) electrons. The van der Waals surface area contributed by atoms with Crippen LogP contribution in [0.25, 0.3) is 0 Å². The molecule has 0 amide bonds. The quantitative estimate of drug-likeness (QED) is 0.0262. The smallest absolute Gasteiger partial charge is 0.306 e. The van der Waals surface area contributed by atoms with E-state index in [1.54, 1.807) is 0 Å². The number of allylic oxidation sites excluding steroid dienone is 6. The van der Waals surface area contributed by atoms with E-state index in [0.29, 0.717) is 19.3 Å². The second-order valence-corrected chi connectivity index (χ2v) is 19.2. The Balaban J connectivity index is 4.39. The summed E-state index contributed by atoms with van der Waals surface area (Å²) in [4.78, 5) is 38.1. The molecule has 0 saturated heterocycles. The van der Waals surface area contributed by atoms with E-state index < -0.39 is 6.10 Å². The van der Waals surface area contributed by atoms with Crippen LogP contribution in [0.15, 0.2) is 36.5 Å². The van der Waals surface area contributed by atoms with Crippen molar-refractivity contribution in [1.82, 2.24) is 0 Å². The minimum Gasteiger partial charge on any atom is -0.462 e. The van der Waals surface area contributed by atoms with Gasteiger partial charge in [0.1, 0.15) is 13.2 Å². The zero-order valence-corrected chi connectivity index (χ0v) is 43.5. The molecule has 0 spiro atoms. The van der Waals surface area contributed by atoms with Crippen LogP contribution in [0.4, 0.5) is 0 Å². The number of hydrogen-bond donors (Lipinski definition) is 0. The molecule has 0 N–H and O–H groups in total. The molecule has 1 atom stereocenters. The van der Waals surface area contributed by atoms with Gasteiger partial charge in [0.05, 0.1) is 0 Å². The molecule has 0 aliphatic heterocycles. The van der Waals surface area contributed by atoms with Crippen molar-refractivity contribution in [1.29, 1.82) is 0 Å². The molecule has 0 aromatic carbocycles. The number of hydrogen-bond acceptors (Lipinski definition) is 6. The first-order chi connectivity index (χ1) is 32.0. The largest absolute Gasteiger partial charge is 0.462 e. The summed E-state index contributed by atoms with van der Waals surface area (Å²) in [5.74, 6) is -0.891. The standard InChI is InChI=1S/C59H108O6/c1-4-7-10-13-16-19-22-25-28-31-34-37-40-43-46-49-52-58(61)64-55-56(54-63-57(60)51-48-45-42-39-36-33-30-27-24-21-18-15-12-9-6-3)65-59(62)53-50-47-44-41-38-35-32-29-26-23-20-17-14-11-8-5-2/h27-32,56H,4-26,33-55H2,1-3H3/b30-27-,31-28-,32-29-/t56-/m1/s1. The van der Waals surface area contributed by atoms with E-state index in [2.05, 4.69) is 57.2 Å². The van der Waals surface area contributed by atoms with E-state index in [0.717, 1.165) is 77.0 Å². The van der Waals surface area contributed by atoms with Crippen molar-refractivity contribution < 1.29 is 28.6 Å². The normalized spacial score (nSPS) is 12.2. The lowest BCUT2D eigenvalue weighted by Crippen LogP contribution is -2.30. The molecule has 6 nitrogen and oxygen atoms in total. The number of rotatable bonds is 52. The topological polar surface area (TPSA) is 78.9 Å². The van der Waals surface area contributed by atoms with Gasteiger partial charge in [-0.1, -0.05) is 224 Å². The highest BCUT2D eigenvalue weighted by atomic mass is 16.6. The van der Waals surface area contributed by atoms with Crippen molar-refractivity contribution in [3.05, 3.63) is 36.5 Å². The molecule has 65 heavy (non-hydrogen) atoms. The van der Waals surface area contributed by atoms with Crippen LogP contribution in [-0.4, -0.2) is 37.2 Å². The zero-order chi connectivity index (χ0) is 47.2. The number of carbonyl (C=O) groups excluding carboxylic acids is 3. The third kappa shape index (κ3) is 52.5. The predicted octanol–water partition coefficient (Wildman–Crippen LogP) is 18.9. The Morgan fingerprint density at radius 1 is 0.292 bits per heavy atom. The minimum atomic E-state index is -0.781. The summed E-state index contributed by atoms with van der Waals surface area (Å²) in [6.07, 6.45) is 64.1. The lowest BCUT2D eigenvalue weighted by atomic mass is 10.1. The Morgan fingerprint density at radius 3 is 0.769 bits per heavy atom. The minimum absolute atomic E-state index is 0.0804. The van der Waals surface area contributed by atoms with Crippen LogP contribution < -0.4 is 0 Å². The van der Waals surface area contributed by atoms with Crippen LogP contribution in [0.2, 0.25) is 0 Å². The van der Waals surface area contributed by atoms with Crippen molar-refractivity contribution in [2.45, 2.75) is 309 Å². The second kappa shape index (κ2) is 54.2. The summed E-state index contributed by atoms with van der Waals surface area (Å²) in [5, 5.41) is 0. The lowest BCUT2D eigenvalue weighted by Gasteiger charge is -2.18. The molecular formula is C59H108O6. The summed E-state index contributed by atoms with van der Waals surface area (Å²) in [6.45, 7) is 6.64. The van der Waals surface area contributed by atoms with Crippen molar-refractivity contribution in [2.75, 3.05) is 13.2 Å². The lowest BCUT2D eigenvalue weighted by molar-refractivity contribution is -0.167. The Morgan fingerprint density at radius 2 is 0.508 bits per heavy atom. The zero-order valence-electron chi connectivity index (χ0n) is 43.5. The molecule has 0 aliphatic carbocycles. The molecule has 0 aromatic heterocycles. The second-order valence-electron chi connectivity index (χ2n) is 19.2. The van der Waals surface area contributed by atoms with E-state index in [-0.39, 0.29) is 31.1 Å². The highest BCUT2D eigenvalue weighted by Gasteiger charge is 2.19. The Bertz CT molecular complexity index is 1090. The van der Waals surface area contributed by atoms with Crippen LogP contribution in [0, 0.1) is 0 Å². The monoisotopic (exact) mass is 913 g/mol. The average Bonchev–Trinajstić information content (AvgIpc) is 3.30. The number of ether oxygens (including phenoxy) is 3. The molecule has 0 aromatic rings. The summed E-state index contributed by atoms with van der Waals surface area (Å²) in [6, 6.07) is 0. The van der Waals surface area contributed by atoms with Crippen molar-refractivity contribution in [3.8, 4) is 0 Å². The maximum Gasteiger partial charge on any atom is 0.306 e. The molecule has 0 unspecified atom stereocenters. The fourth-order valence-corrected chi connectivity index (χ4v) is 8.25. The maximum absolute atomic E-state index is 12.8. The van der Waals surface area contributed by atoms with Gasteiger partial charge in [-0.3, -0.25) is 14.4 Å². The van der Waals surface area contributed by atoms with Crippen LogP contribution >= 0.6 is 0 Å². The van der Waals surface area contributed by atoms with Gasteiger partial charge < -0.3 is 14.2 Å². The average molecular weight is 914 g/mol. The first kappa shape index (κ1) is 62.6. The van der Waals surface area contributed by atoms with Crippen molar-refractivity contribution in [2.24, 2.45) is 0 Å². The summed E-state index contributed by atoms with van der Waals surface area (Å²) in [5.41, 5.74) is 0. The fourth-order valence-electron chi connectivity index (χ4n) is 8.25. The van der Waals surface area contributed by atoms with E-state index in [1.165, 1.54) is 186 Å². The number of esters is 3. The molecule has 0 rings (SSSR count). The summed E-state index contributed by atoms with van der Waals surface area (Å²) < 4.78 is 16.8. The van der Waals surface area contributed by atoms with E-state index in [9.17, 15) is 14.4 Å². The highest BCUT2D eigenvalue weighted by Crippen LogP contribution is 2.15. The Hall–Kier alpha value is -2.37. The Labute approximate surface area is 404 Å². The van der Waals surface area contributed by atoms with Gasteiger partial charge in [0.25, 0.3) is 0 Å². The van der Waals surface area contributed by atoms with Crippen LogP contribution in [0.1, 0.15) is 303 Å². The fraction of sp³-hybridized carbons (Fsp3) is 0.847. The molecule has 6 heteroatoms. The third-order valence-corrected chi connectivity index (χ3v) is 12.6. The van der Waals surface area contributed by atoms with Gasteiger partial charge in [-0.15, -0.1) is 0 Å².